The van der Waals surface area contributed by atoms with E-state index in [0.717, 1.165) is 5.56 Å². The van der Waals surface area contributed by atoms with E-state index in [1.165, 1.54) is 18.2 Å². The molecule has 22 heavy (non-hydrogen) atoms. The van der Waals surface area contributed by atoms with Gasteiger partial charge in [-0.05, 0) is 36.8 Å². The van der Waals surface area contributed by atoms with Crippen molar-refractivity contribution in [3.63, 3.8) is 0 Å². The summed E-state index contributed by atoms with van der Waals surface area (Å²) in [6.07, 6.45) is 0. The zero-order valence-corrected chi connectivity index (χ0v) is 12.8. The standard InChI is InChI=1S/C15H14ClN3O3/c1-9-3-5-11(16)8-13(9)18-15(20)10-4-6-12(17-2)14(7-10)19(21)22/h3-8,17H,1-2H3,(H,18,20). The Hall–Kier alpha value is -2.60. The zero-order valence-electron chi connectivity index (χ0n) is 12.0. The summed E-state index contributed by atoms with van der Waals surface area (Å²) in [5.41, 5.74) is 1.81. The maximum atomic E-state index is 12.3. The molecule has 2 aromatic rings. The van der Waals surface area contributed by atoms with E-state index in [0.29, 0.717) is 16.4 Å². The van der Waals surface area contributed by atoms with Crippen molar-refractivity contribution >= 4 is 34.6 Å². The third-order valence-corrected chi connectivity index (χ3v) is 3.41. The average Bonchev–Trinajstić information content (AvgIpc) is 2.50. The lowest BCUT2D eigenvalue weighted by molar-refractivity contribution is -0.384. The smallest absolute Gasteiger partial charge is 0.293 e. The van der Waals surface area contributed by atoms with Crippen LogP contribution in [0.5, 0.6) is 0 Å². The lowest BCUT2D eigenvalue weighted by Crippen LogP contribution is -2.13. The molecule has 1 amide bonds. The Morgan fingerprint density at radius 1 is 1.18 bits per heavy atom. The van der Waals surface area contributed by atoms with Crippen molar-refractivity contribution in [1.29, 1.82) is 0 Å². The van der Waals surface area contributed by atoms with Crippen molar-refractivity contribution in [3.05, 3.63) is 62.7 Å². The summed E-state index contributed by atoms with van der Waals surface area (Å²) in [5.74, 6) is -0.434. The van der Waals surface area contributed by atoms with Crippen LogP contribution < -0.4 is 10.6 Å². The van der Waals surface area contributed by atoms with Crippen LogP contribution in [-0.2, 0) is 0 Å². The Kier molecular flexibility index (Phi) is 4.62. The molecule has 114 valence electrons. The van der Waals surface area contributed by atoms with E-state index < -0.39 is 10.8 Å². The third kappa shape index (κ3) is 3.35. The molecule has 0 bridgehead atoms. The molecule has 0 aliphatic rings. The highest BCUT2D eigenvalue weighted by atomic mass is 35.5. The average molecular weight is 320 g/mol. The maximum absolute atomic E-state index is 12.3. The Labute approximate surface area is 132 Å². The second kappa shape index (κ2) is 6.44. The molecule has 2 aromatic carbocycles. The number of nitro benzene ring substituents is 1. The summed E-state index contributed by atoms with van der Waals surface area (Å²) in [6.45, 7) is 1.83. The Balaban J connectivity index is 2.32. The second-order valence-corrected chi connectivity index (χ2v) is 5.09. The molecule has 0 radical (unpaired) electrons. The van der Waals surface area contributed by atoms with Gasteiger partial charge in [0.25, 0.3) is 11.6 Å². The van der Waals surface area contributed by atoms with Gasteiger partial charge < -0.3 is 10.6 Å². The first-order valence-electron chi connectivity index (χ1n) is 6.46. The number of benzene rings is 2. The van der Waals surface area contributed by atoms with Crippen molar-refractivity contribution < 1.29 is 9.72 Å². The molecule has 0 aliphatic carbocycles. The molecular formula is C15H14ClN3O3. The molecule has 0 saturated carbocycles. The molecule has 0 aliphatic heterocycles. The fourth-order valence-electron chi connectivity index (χ4n) is 1.96. The summed E-state index contributed by atoms with van der Waals surface area (Å²) in [5, 5.41) is 16.9. The quantitative estimate of drug-likeness (QED) is 0.662. The number of nitrogens with one attached hydrogen (secondary N) is 2. The number of carbonyl (C=O) groups excluding carboxylic acids is 1. The van der Waals surface area contributed by atoms with Crippen LogP contribution in [0.25, 0.3) is 0 Å². The topological polar surface area (TPSA) is 84.3 Å². The predicted molar refractivity (Wildman–Crippen MR) is 86.8 cm³/mol. The van der Waals surface area contributed by atoms with Gasteiger partial charge in [0, 0.05) is 29.4 Å². The number of hydrogen-bond acceptors (Lipinski definition) is 4. The molecule has 0 unspecified atom stereocenters. The normalized spacial score (nSPS) is 10.1. The number of nitro groups is 1. The molecule has 0 fully saturated rings. The number of anilines is 2. The molecule has 0 atom stereocenters. The Morgan fingerprint density at radius 2 is 1.91 bits per heavy atom. The summed E-state index contributed by atoms with van der Waals surface area (Å²) in [4.78, 5) is 22.7. The predicted octanol–water partition coefficient (Wildman–Crippen LogP) is 3.85. The van der Waals surface area contributed by atoms with Crippen LogP contribution in [0.2, 0.25) is 5.02 Å². The van der Waals surface area contributed by atoms with Gasteiger partial charge in [-0.15, -0.1) is 0 Å². The first kappa shape index (κ1) is 15.8. The van der Waals surface area contributed by atoms with E-state index in [1.807, 2.05) is 6.92 Å². The van der Waals surface area contributed by atoms with E-state index in [1.54, 1.807) is 25.2 Å². The summed E-state index contributed by atoms with van der Waals surface area (Å²) in [7, 11) is 1.58. The highest BCUT2D eigenvalue weighted by Gasteiger charge is 2.17. The van der Waals surface area contributed by atoms with Crippen LogP contribution in [0, 0.1) is 17.0 Å². The van der Waals surface area contributed by atoms with Gasteiger partial charge in [-0.25, -0.2) is 0 Å². The highest BCUT2D eigenvalue weighted by molar-refractivity contribution is 6.31. The highest BCUT2D eigenvalue weighted by Crippen LogP contribution is 2.26. The summed E-state index contributed by atoms with van der Waals surface area (Å²) >= 11 is 5.90. The summed E-state index contributed by atoms with van der Waals surface area (Å²) < 4.78 is 0. The number of hydrogen-bond donors (Lipinski definition) is 2. The molecule has 2 rings (SSSR count). The van der Waals surface area contributed by atoms with Gasteiger partial charge in [-0.2, -0.15) is 0 Å². The van der Waals surface area contributed by atoms with Crippen LogP contribution in [0.3, 0.4) is 0 Å². The molecule has 2 N–H and O–H groups in total. The van der Waals surface area contributed by atoms with Crippen molar-refractivity contribution in [2.75, 3.05) is 17.7 Å². The fourth-order valence-corrected chi connectivity index (χ4v) is 2.13. The molecule has 0 saturated heterocycles. The van der Waals surface area contributed by atoms with Crippen molar-refractivity contribution in [2.24, 2.45) is 0 Å². The van der Waals surface area contributed by atoms with Gasteiger partial charge in [0.1, 0.15) is 5.69 Å². The molecule has 0 aromatic heterocycles. The van der Waals surface area contributed by atoms with Crippen molar-refractivity contribution in [2.45, 2.75) is 6.92 Å². The first-order valence-corrected chi connectivity index (χ1v) is 6.84. The minimum Gasteiger partial charge on any atom is -0.383 e. The van der Waals surface area contributed by atoms with E-state index in [4.69, 9.17) is 11.6 Å². The minimum atomic E-state index is -0.534. The summed E-state index contributed by atoms with van der Waals surface area (Å²) in [6, 6.07) is 9.39. The number of nitrogens with zero attached hydrogens (tertiary/aromatic N) is 1. The lowest BCUT2D eigenvalue weighted by atomic mass is 10.1. The minimum absolute atomic E-state index is 0.155. The van der Waals surface area contributed by atoms with Gasteiger partial charge in [-0.3, -0.25) is 14.9 Å². The second-order valence-electron chi connectivity index (χ2n) is 4.65. The van der Waals surface area contributed by atoms with Crippen molar-refractivity contribution in [1.82, 2.24) is 0 Å². The monoisotopic (exact) mass is 319 g/mol. The van der Waals surface area contributed by atoms with Crippen LogP contribution in [0.4, 0.5) is 17.1 Å². The largest absolute Gasteiger partial charge is 0.383 e. The zero-order chi connectivity index (χ0) is 16.3. The van der Waals surface area contributed by atoms with Gasteiger partial charge in [-0.1, -0.05) is 17.7 Å². The number of aryl methyl sites for hydroxylation is 1. The van der Waals surface area contributed by atoms with Gasteiger partial charge in [0.15, 0.2) is 0 Å². The number of rotatable bonds is 4. The molecule has 6 nitrogen and oxygen atoms in total. The Morgan fingerprint density at radius 3 is 2.55 bits per heavy atom. The number of halogens is 1. The lowest BCUT2D eigenvalue weighted by Gasteiger charge is -2.09. The van der Waals surface area contributed by atoms with Crippen molar-refractivity contribution in [3.8, 4) is 0 Å². The van der Waals surface area contributed by atoms with E-state index in [-0.39, 0.29) is 11.3 Å². The molecule has 7 heteroatoms. The maximum Gasteiger partial charge on any atom is 0.293 e. The van der Waals surface area contributed by atoms with Crippen LogP contribution in [-0.4, -0.2) is 17.9 Å². The number of amides is 1. The van der Waals surface area contributed by atoms with Crippen LogP contribution >= 0.6 is 11.6 Å². The molecular weight excluding hydrogens is 306 g/mol. The first-order chi connectivity index (χ1) is 10.4. The van der Waals surface area contributed by atoms with E-state index in [9.17, 15) is 14.9 Å². The molecule has 0 heterocycles. The van der Waals surface area contributed by atoms with Crippen LogP contribution in [0.1, 0.15) is 15.9 Å². The molecule has 0 spiro atoms. The van der Waals surface area contributed by atoms with Gasteiger partial charge >= 0.3 is 0 Å². The Bertz CT molecular complexity index is 747. The van der Waals surface area contributed by atoms with E-state index in [2.05, 4.69) is 10.6 Å². The van der Waals surface area contributed by atoms with Gasteiger partial charge in [0.2, 0.25) is 0 Å². The number of carbonyl (C=O) groups is 1. The third-order valence-electron chi connectivity index (χ3n) is 3.17. The van der Waals surface area contributed by atoms with Gasteiger partial charge in [0.05, 0.1) is 4.92 Å². The SMILES string of the molecule is CNc1ccc(C(=O)Nc2cc(Cl)ccc2C)cc1[N+](=O)[O-]. The van der Waals surface area contributed by atoms with E-state index >= 15 is 0 Å². The van der Waals surface area contributed by atoms with Crippen LogP contribution in [0.15, 0.2) is 36.4 Å². The fraction of sp³-hybridized carbons (Fsp3) is 0.133.